The van der Waals surface area contributed by atoms with E-state index < -0.39 is 0 Å². The molecule has 0 fully saturated rings. The maximum atomic E-state index is 7.86. The standard InChI is InChI=1S/C72H85BN2O/c1-42-20-19-21-43(2)61(42)44-34-58-62-59(35-44)75(46-23-25-49-51(37-46)68(9,10)29-27-66(49,5)6)63-47-38-52-55(72(17,18)33-30-69(52,11)12)41-60(47)76-64(63)73(62)56-39-53-54(71(15,16)32-31-70(53,13)14)40-57(56)74(58)45-22-24-48-50(36-45)67(7,8)28-26-65(48,3)4/h19-25,34-41H,26-33H2,1-18H3. The van der Waals surface area contributed by atoms with Crippen LogP contribution in [0.1, 0.15) is 218 Å². The Morgan fingerprint density at radius 2 is 0.789 bits per heavy atom. The highest BCUT2D eigenvalue weighted by molar-refractivity contribution is 7.00. The van der Waals surface area contributed by atoms with Crippen LogP contribution in [0.3, 0.4) is 0 Å². The van der Waals surface area contributed by atoms with E-state index >= 15 is 0 Å². The third-order valence-corrected chi connectivity index (χ3v) is 21.6. The highest BCUT2D eigenvalue weighted by Gasteiger charge is 2.51. The normalized spacial score (nSPS) is 21.9. The third kappa shape index (κ3) is 7.05. The lowest BCUT2D eigenvalue weighted by atomic mass is 9.35. The zero-order valence-electron chi connectivity index (χ0n) is 49.7. The number of rotatable bonds is 3. The van der Waals surface area contributed by atoms with E-state index in [9.17, 15) is 0 Å². The van der Waals surface area contributed by atoms with Crippen LogP contribution in [0.25, 0.3) is 22.1 Å². The summed E-state index contributed by atoms with van der Waals surface area (Å²) in [4.78, 5) is 5.43. The molecule has 1 aromatic heterocycles. The van der Waals surface area contributed by atoms with Crippen molar-refractivity contribution in [3.05, 3.63) is 147 Å². The highest BCUT2D eigenvalue weighted by Crippen LogP contribution is 2.57. The van der Waals surface area contributed by atoms with Gasteiger partial charge in [-0.1, -0.05) is 147 Å². The minimum atomic E-state index is -0.146. The first kappa shape index (κ1) is 50.1. The first-order valence-corrected chi connectivity index (χ1v) is 29.4. The first-order chi connectivity index (χ1) is 35.4. The van der Waals surface area contributed by atoms with Crippen molar-refractivity contribution in [2.45, 2.75) is 219 Å². The van der Waals surface area contributed by atoms with Crippen molar-refractivity contribution in [1.82, 2.24) is 0 Å². The molecule has 0 saturated carbocycles. The van der Waals surface area contributed by atoms with Gasteiger partial charge in [0, 0.05) is 33.8 Å². The number of benzene rings is 6. The average Bonchev–Trinajstić information content (AvgIpc) is 3.91. The van der Waals surface area contributed by atoms with Gasteiger partial charge in [0.15, 0.2) is 0 Å². The molecule has 4 heteroatoms. The van der Waals surface area contributed by atoms with Crippen molar-refractivity contribution in [2.24, 2.45) is 0 Å². The zero-order valence-corrected chi connectivity index (χ0v) is 49.7. The molecule has 0 amide bonds. The number of aryl methyl sites for hydroxylation is 2. The summed E-state index contributed by atoms with van der Waals surface area (Å²) in [7, 11) is 0. The van der Waals surface area contributed by atoms with Crippen LogP contribution in [-0.2, 0) is 43.3 Å². The van der Waals surface area contributed by atoms with Crippen LogP contribution < -0.4 is 26.4 Å². The van der Waals surface area contributed by atoms with E-state index in [1.807, 2.05) is 0 Å². The van der Waals surface area contributed by atoms with Crippen molar-refractivity contribution < 1.29 is 4.42 Å². The number of nitrogens with zero attached hydrogens (tertiary/aromatic N) is 2. The summed E-state index contributed by atoms with van der Waals surface area (Å²) >= 11 is 0. The van der Waals surface area contributed by atoms with Crippen molar-refractivity contribution >= 4 is 68.4 Å². The number of hydrogen-bond acceptors (Lipinski definition) is 3. The van der Waals surface area contributed by atoms with Gasteiger partial charge in [-0.15, -0.1) is 0 Å². The molecule has 7 aromatic rings. The number of anilines is 6. The Morgan fingerprint density at radius 3 is 1.28 bits per heavy atom. The minimum absolute atomic E-state index is 0.0127. The average molecular weight is 1010 g/mol. The topological polar surface area (TPSA) is 19.6 Å². The molecule has 3 heterocycles. The van der Waals surface area contributed by atoms with E-state index in [0.717, 1.165) is 43.3 Å². The van der Waals surface area contributed by atoms with E-state index in [-0.39, 0.29) is 50.0 Å². The van der Waals surface area contributed by atoms with Crippen LogP contribution in [0.2, 0.25) is 0 Å². The van der Waals surface area contributed by atoms with Crippen molar-refractivity contribution in [2.75, 3.05) is 9.80 Å². The highest BCUT2D eigenvalue weighted by atomic mass is 16.3. The van der Waals surface area contributed by atoms with Crippen molar-refractivity contribution in [3.8, 4) is 11.1 Å². The molecule has 2 aliphatic heterocycles. The molecule has 392 valence electrons. The maximum absolute atomic E-state index is 7.86. The van der Waals surface area contributed by atoms with Gasteiger partial charge in [0.2, 0.25) is 0 Å². The summed E-state index contributed by atoms with van der Waals surface area (Å²) in [5.74, 6) is 0. The van der Waals surface area contributed by atoms with E-state index in [2.05, 4.69) is 225 Å². The van der Waals surface area contributed by atoms with Crippen molar-refractivity contribution in [3.63, 3.8) is 0 Å². The number of fused-ring (bicyclic) bond motifs is 10. The summed E-state index contributed by atoms with van der Waals surface area (Å²) in [6, 6.07) is 37.6. The van der Waals surface area contributed by atoms with Crippen LogP contribution in [0, 0.1) is 13.8 Å². The summed E-state index contributed by atoms with van der Waals surface area (Å²) in [6.45, 7) is 44.1. The number of hydrogen-bond donors (Lipinski definition) is 0. The molecule has 13 rings (SSSR count). The van der Waals surface area contributed by atoms with E-state index in [1.54, 1.807) is 0 Å². The van der Waals surface area contributed by atoms with E-state index in [4.69, 9.17) is 4.42 Å². The molecule has 0 spiro atoms. The molecule has 6 aromatic carbocycles. The fourth-order valence-corrected chi connectivity index (χ4v) is 16.0. The Kier molecular flexibility index (Phi) is 10.3. The molecule has 0 unspecified atom stereocenters. The van der Waals surface area contributed by atoms with Crippen LogP contribution in [0.15, 0.2) is 95.4 Å². The molecule has 4 aliphatic carbocycles. The van der Waals surface area contributed by atoms with Gasteiger partial charge in [-0.3, -0.25) is 0 Å². The molecule has 0 saturated heterocycles. The van der Waals surface area contributed by atoms with Gasteiger partial charge < -0.3 is 14.2 Å². The second-order valence-corrected chi connectivity index (χ2v) is 30.5. The van der Waals surface area contributed by atoms with Gasteiger partial charge >= 0.3 is 0 Å². The molecule has 6 aliphatic rings. The fourth-order valence-electron chi connectivity index (χ4n) is 16.0. The fraction of sp³-hybridized carbons (Fsp3) is 0.472. The summed E-state index contributed by atoms with van der Waals surface area (Å²) < 4.78 is 7.86. The van der Waals surface area contributed by atoms with Crippen LogP contribution in [0.5, 0.6) is 0 Å². The Morgan fingerprint density at radius 1 is 0.395 bits per heavy atom. The van der Waals surface area contributed by atoms with E-state index in [1.165, 1.54) is 136 Å². The van der Waals surface area contributed by atoms with Gasteiger partial charge in [0.25, 0.3) is 6.71 Å². The molecule has 0 N–H and O–H groups in total. The second-order valence-electron chi connectivity index (χ2n) is 30.5. The van der Waals surface area contributed by atoms with Gasteiger partial charge in [-0.2, -0.15) is 0 Å². The monoisotopic (exact) mass is 1000 g/mol. The zero-order chi connectivity index (χ0) is 54.0. The number of furan rings is 1. The lowest BCUT2D eigenvalue weighted by Crippen LogP contribution is -2.61. The molecular weight excluding hydrogens is 920 g/mol. The summed E-state index contributed by atoms with van der Waals surface area (Å²) in [6.07, 6.45) is 9.32. The molecule has 0 bridgehead atoms. The molecule has 76 heavy (non-hydrogen) atoms. The SMILES string of the molecule is Cc1cccc(C)c1-c1cc2c3c(c1)N(c1ccc4c(c1)C(C)(C)CCC4(C)C)c1c(oc4cc5c(cc14)C(C)(C)CCC5(C)C)B3c1cc3c(cc1N2c1ccc2c(c1)C(C)(C)CCC2(C)C)C(C)(C)CCC3(C)C. The van der Waals surface area contributed by atoms with Gasteiger partial charge in [0.05, 0.1) is 11.3 Å². The molecule has 3 nitrogen and oxygen atoms in total. The van der Waals surface area contributed by atoms with E-state index in [0.29, 0.717) is 0 Å². The van der Waals surface area contributed by atoms with Crippen LogP contribution in [0.4, 0.5) is 34.1 Å². The lowest BCUT2D eigenvalue weighted by Gasteiger charge is -2.47. The Balaban J connectivity index is 1.21. The lowest BCUT2D eigenvalue weighted by molar-refractivity contribution is 0.332. The van der Waals surface area contributed by atoms with Gasteiger partial charge in [-0.25, -0.2) is 0 Å². The Labute approximate surface area is 457 Å². The van der Waals surface area contributed by atoms with Crippen LogP contribution in [-0.4, -0.2) is 6.71 Å². The maximum Gasteiger partial charge on any atom is 0.297 e. The first-order valence-electron chi connectivity index (χ1n) is 29.4. The molecule has 0 radical (unpaired) electrons. The Bertz CT molecular complexity index is 3640. The van der Waals surface area contributed by atoms with Crippen molar-refractivity contribution in [1.29, 1.82) is 0 Å². The third-order valence-electron chi connectivity index (χ3n) is 21.6. The molecule has 0 atom stereocenters. The second kappa shape index (κ2) is 15.6. The van der Waals surface area contributed by atoms with Gasteiger partial charge in [0.1, 0.15) is 5.58 Å². The summed E-state index contributed by atoms with van der Waals surface area (Å²) in [5, 5.41) is 1.23. The predicted molar refractivity (Wildman–Crippen MR) is 326 cm³/mol. The minimum Gasteiger partial charge on any atom is -0.468 e. The summed E-state index contributed by atoms with van der Waals surface area (Å²) in [5.41, 5.74) is 29.6. The van der Waals surface area contributed by atoms with Crippen LogP contribution >= 0.6 is 0 Å². The smallest absolute Gasteiger partial charge is 0.297 e. The predicted octanol–water partition coefficient (Wildman–Crippen LogP) is 18.2. The van der Waals surface area contributed by atoms with Gasteiger partial charge in [-0.05, 0) is 241 Å². The quantitative estimate of drug-likeness (QED) is 0.164. The largest absolute Gasteiger partial charge is 0.468 e. The molecular formula is C72H85BN2O. The Hall–Kier alpha value is -5.48.